The number of amides is 1. The number of carbonyl (C=O) groups excluding carboxylic acids is 1. The van der Waals surface area contributed by atoms with E-state index in [-0.39, 0.29) is 11.8 Å². The Labute approximate surface area is 106 Å². The number of hydrogen-bond acceptors (Lipinski definition) is 2. The Hall–Kier alpha value is -2.29. The lowest BCUT2D eigenvalue weighted by atomic mass is 9.83. The minimum atomic E-state index is -0.272. The molecule has 90 valence electrons. The van der Waals surface area contributed by atoms with Crippen LogP contribution in [0.4, 0.5) is 11.4 Å². The maximum Gasteiger partial charge on any atom is 0.218 e. The molecule has 2 aromatic carbocycles. The van der Waals surface area contributed by atoms with Gasteiger partial charge < -0.3 is 11.1 Å². The molecule has 0 saturated heterocycles. The summed E-state index contributed by atoms with van der Waals surface area (Å²) >= 11 is 0. The van der Waals surface area contributed by atoms with Gasteiger partial charge in [0.15, 0.2) is 0 Å². The summed E-state index contributed by atoms with van der Waals surface area (Å²) in [5.41, 5.74) is 9.76. The van der Waals surface area contributed by atoms with Crippen molar-refractivity contribution in [3.8, 4) is 0 Å². The first kappa shape index (κ1) is 10.8. The summed E-state index contributed by atoms with van der Waals surface area (Å²) in [5, 5.41) is 3.39. The topological polar surface area (TPSA) is 55.1 Å². The number of rotatable bonds is 2. The Bertz CT molecular complexity index is 561. The van der Waals surface area contributed by atoms with Gasteiger partial charge in [-0.05, 0) is 23.3 Å². The summed E-state index contributed by atoms with van der Waals surface area (Å²) in [6, 6.07) is 16.1. The molecule has 0 atom stereocenters. The molecule has 3 N–H and O–H groups in total. The summed E-state index contributed by atoms with van der Waals surface area (Å²) in [5.74, 6) is -0.220. The molecule has 0 fully saturated rings. The molecular formula is C15H14N2O. The van der Waals surface area contributed by atoms with Crippen molar-refractivity contribution in [1.82, 2.24) is 0 Å². The molecule has 0 saturated carbocycles. The molecular weight excluding hydrogens is 224 g/mol. The molecule has 0 unspecified atom stereocenters. The van der Waals surface area contributed by atoms with Crippen LogP contribution in [0.25, 0.3) is 0 Å². The smallest absolute Gasteiger partial charge is 0.218 e. The van der Waals surface area contributed by atoms with Gasteiger partial charge in [0.2, 0.25) is 5.91 Å². The molecule has 18 heavy (non-hydrogen) atoms. The lowest BCUT2D eigenvalue weighted by molar-refractivity contribution is -0.118. The molecule has 1 aliphatic rings. The maximum absolute atomic E-state index is 11.3. The molecule has 1 amide bonds. The summed E-state index contributed by atoms with van der Waals surface area (Å²) in [4.78, 5) is 11.3. The van der Waals surface area contributed by atoms with Crippen LogP contribution in [-0.4, -0.2) is 5.91 Å². The highest BCUT2D eigenvalue weighted by atomic mass is 16.1. The lowest BCUT2D eigenvalue weighted by Gasteiger charge is -2.28. The van der Waals surface area contributed by atoms with E-state index in [0.717, 1.165) is 22.5 Å². The molecule has 2 aromatic rings. The van der Waals surface area contributed by atoms with E-state index in [0.29, 0.717) is 6.42 Å². The number of anilines is 2. The quantitative estimate of drug-likeness (QED) is 0.845. The second kappa shape index (κ2) is 4.18. The van der Waals surface area contributed by atoms with Crippen molar-refractivity contribution >= 4 is 17.3 Å². The van der Waals surface area contributed by atoms with Crippen molar-refractivity contribution in [2.24, 2.45) is 5.73 Å². The summed E-state index contributed by atoms with van der Waals surface area (Å²) in [6.45, 7) is 0. The van der Waals surface area contributed by atoms with Gasteiger partial charge in [-0.15, -0.1) is 0 Å². The van der Waals surface area contributed by atoms with Crippen LogP contribution in [-0.2, 0) is 4.79 Å². The molecule has 0 bridgehead atoms. The van der Waals surface area contributed by atoms with Gasteiger partial charge in [-0.1, -0.05) is 36.4 Å². The predicted octanol–water partition coefficient (Wildman–Crippen LogP) is 2.75. The van der Waals surface area contributed by atoms with Crippen molar-refractivity contribution < 1.29 is 4.79 Å². The first-order valence-corrected chi connectivity index (χ1v) is 5.99. The zero-order valence-electron chi connectivity index (χ0n) is 9.89. The third kappa shape index (κ3) is 1.74. The molecule has 3 rings (SSSR count). The van der Waals surface area contributed by atoms with Crippen LogP contribution in [0.1, 0.15) is 23.5 Å². The fourth-order valence-corrected chi connectivity index (χ4v) is 2.56. The van der Waals surface area contributed by atoms with Gasteiger partial charge >= 0.3 is 0 Å². The molecule has 0 radical (unpaired) electrons. The maximum atomic E-state index is 11.3. The van der Waals surface area contributed by atoms with E-state index < -0.39 is 0 Å². The zero-order chi connectivity index (χ0) is 12.5. The van der Waals surface area contributed by atoms with Crippen molar-refractivity contribution in [1.29, 1.82) is 0 Å². The number of benzene rings is 2. The van der Waals surface area contributed by atoms with Crippen LogP contribution >= 0.6 is 0 Å². The third-order valence-corrected chi connectivity index (χ3v) is 3.35. The number of fused-ring (bicyclic) bond motifs is 2. The number of hydrogen-bond donors (Lipinski definition) is 2. The van der Waals surface area contributed by atoms with E-state index in [9.17, 15) is 4.79 Å². The van der Waals surface area contributed by atoms with E-state index in [2.05, 4.69) is 5.32 Å². The number of nitrogens with two attached hydrogens (primary N) is 1. The average Bonchev–Trinajstić information content (AvgIpc) is 2.38. The fraction of sp³-hybridized carbons (Fsp3) is 0.133. The van der Waals surface area contributed by atoms with Crippen LogP contribution in [0.5, 0.6) is 0 Å². The number of para-hydroxylation sites is 2. The SMILES string of the molecule is NC(=O)CC1c2ccccc2Nc2ccccc21. The van der Waals surface area contributed by atoms with Gasteiger partial charge in [0.25, 0.3) is 0 Å². The van der Waals surface area contributed by atoms with Crippen LogP contribution < -0.4 is 11.1 Å². The number of nitrogens with one attached hydrogen (secondary N) is 1. The van der Waals surface area contributed by atoms with Gasteiger partial charge in [-0.3, -0.25) is 4.79 Å². The Morgan fingerprint density at radius 2 is 1.50 bits per heavy atom. The summed E-state index contributed by atoms with van der Waals surface area (Å²) in [7, 11) is 0. The van der Waals surface area contributed by atoms with E-state index in [1.54, 1.807) is 0 Å². The van der Waals surface area contributed by atoms with Crippen molar-refractivity contribution in [2.45, 2.75) is 12.3 Å². The molecule has 1 aliphatic heterocycles. The normalized spacial score (nSPS) is 13.3. The van der Waals surface area contributed by atoms with E-state index in [4.69, 9.17) is 5.73 Å². The highest BCUT2D eigenvalue weighted by molar-refractivity contribution is 5.80. The average molecular weight is 238 g/mol. The van der Waals surface area contributed by atoms with Gasteiger partial charge in [0.05, 0.1) is 0 Å². The van der Waals surface area contributed by atoms with Gasteiger partial charge in [-0.2, -0.15) is 0 Å². The highest BCUT2D eigenvalue weighted by Crippen LogP contribution is 2.42. The molecule has 3 nitrogen and oxygen atoms in total. The molecule has 3 heteroatoms. The van der Waals surface area contributed by atoms with Gasteiger partial charge in [0.1, 0.15) is 0 Å². The van der Waals surface area contributed by atoms with Crippen LogP contribution in [0.3, 0.4) is 0 Å². The van der Waals surface area contributed by atoms with Crippen molar-refractivity contribution in [3.63, 3.8) is 0 Å². The standard InChI is InChI=1S/C15H14N2O/c16-15(18)9-12-10-5-1-3-7-13(10)17-14-8-4-2-6-11(12)14/h1-8,12,17H,9H2,(H2,16,18). The molecule has 0 spiro atoms. The minimum Gasteiger partial charge on any atom is -0.370 e. The van der Waals surface area contributed by atoms with Crippen LogP contribution in [0, 0.1) is 0 Å². The zero-order valence-corrected chi connectivity index (χ0v) is 9.89. The largest absolute Gasteiger partial charge is 0.370 e. The first-order chi connectivity index (χ1) is 8.75. The molecule has 0 aromatic heterocycles. The Morgan fingerprint density at radius 1 is 1.00 bits per heavy atom. The summed E-state index contributed by atoms with van der Waals surface area (Å²) in [6.07, 6.45) is 0.343. The monoisotopic (exact) mass is 238 g/mol. The lowest BCUT2D eigenvalue weighted by Crippen LogP contribution is -2.20. The van der Waals surface area contributed by atoms with Crippen molar-refractivity contribution in [3.05, 3.63) is 59.7 Å². The van der Waals surface area contributed by atoms with E-state index in [1.807, 2.05) is 48.5 Å². The van der Waals surface area contributed by atoms with E-state index in [1.165, 1.54) is 0 Å². The number of primary amides is 1. The molecule has 1 heterocycles. The third-order valence-electron chi connectivity index (χ3n) is 3.35. The second-order valence-corrected chi connectivity index (χ2v) is 4.52. The van der Waals surface area contributed by atoms with Crippen LogP contribution in [0.15, 0.2) is 48.5 Å². The second-order valence-electron chi connectivity index (χ2n) is 4.52. The Balaban J connectivity index is 2.14. The predicted molar refractivity (Wildman–Crippen MR) is 71.8 cm³/mol. The number of carbonyl (C=O) groups is 1. The Morgan fingerprint density at radius 3 is 2.00 bits per heavy atom. The Kier molecular flexibility index (Phi) is 2.52. The molecule has 0 aliphatic carbocycles. The highest BCUT2D eigenvalue weighted by Gasteiger charge is 2.25. The first-order valence-electron chi connectivity index (χ1n) is 5.99. The van der Waals surface area contributed by atoms with E-state index >= 15 is 0 Å². The van der Waals surface area contributed by atoms with Crippen LogP contribution in [0.2, 0.25) is 0 Å². The van der Waals surface area contributed by atoms with Gasteiger partial charge in [0, 0.05) is 23.7 Å². The minimum absolute atomic E-state index is 0.0520. The fourth-order valence-electron chi connectivity index (χ4n) is 2.56. The van der Waals surface area contributed by atoms with Crippen molar-refractivity contribution in [2.75, 3.05) is 5.32 Å². The summed E-state index contributed by atoms with van der Waals surface area (Å²) < 4.78 is 0. The van der Waals surface area contributed by atoms with Gasteiger partial charge in [-0.25, -0.2) is 0 Å².